The van der Waals surface area contributed by atoms with Crippen LogP contribution in [-0.2, 0) is 4.79 Å². The number of nitrogens with two attached hydrogens (primary N) is 1. The first kappa shape index (κ1) is 16.8. The van der Waals surface area contributed by atoms with Gasteiger partial charge >= 0.3 is 0 Å². The van der Waals surface area contributed by atoms with Crippen LogP contribution < -0.4 is 11.1 Å². The Morgan fingerprint density at radius 3 is 2.67 bits per heavy atom. The molecule has 0 heterocycles. The number of nitrogens with one attached hydrogen (secondary N) is 1. The third-order valence-corrected chi connectivity index (χ3v) is 5.69. The quantitative estimate of drug-likeness (QED) is 0.835. The normalized spacial score (nSPS) is 37.5. The summed E-state index contributed by atoms with van der Waals surface area (Å²) in [6.07, 6.45) is 8.99. The Morgan fingerprint density at radius 1 is 1.29 bits per heavy atom. The van der Waals surface area contributed by atoms with Gasteiger partial charge in [-0.25, -0.2) is 0 Å². The zero-order valence-corrected chi connectivity index (χ0v) is 14.0. The second-order valence-electron chi connectivity index (χ2n) is 7.66. The molecule has 0 saturated heterocycles. The third kappa shape index (κ3) is 4.19. The fourth-order valence-corrected chi connectivity index (χ4v) is 4.22. The first-order chi connectivity index (χ1) is 9.93. The molecule has 0 aromatic rings. The molecule has 0 spiro atoms. The molecule has 4 unspecified atom stereocenters. The molecule has 21 heavy (non-hydrogen) atoms. The molecule has 4 atom stereocenters. The highest BCUT2D eigenvalue weighted by molar-refractivity contribution is 5.78. The lowest BCUT2D eigenvalue weighted by Crippen LogP contribution is -2.55. The van der Waals surface area contributed by atoms with Crippen molar-refractivity contribution < 1.29 is 4.79 Å². The van der Waals surface area contributed by atoms with Gasteiger partial charge in [-0.1, -0.05) is 26.2 Å². The second-order valence-corrected chi connectivity index (χ2v) is 7.66. The van der Waals surface area contributed by atoms with E-state index in [1.807, 2.05) is 0 Å². The van der Waals surface area contributed by atoms with E-state index in [4.69, 9.17) is 5.73 Å². The Kier molecular flexibility index (Phi) is 5.67. The Bertz CT molecular complexity index is 358. The van der Waals surface area contributed by atoms with Gasteiger partial charge in [-0.2, -0.15) is 0 Å². The van der Waals surface area contributed by atoms with Crippen LogP contribution in [-0.4, -0.2) is 43.0 Å². The molecule has 4 nitrogen and oxygen atoms in total. The van der Waals surface area contributed by atoms with Crippen LogP contribution in [0.3, 0.4) is 0 Å². The van der Waals surface area contributed by atoms with Crippen molar-refractivity contribution in [2.75, 3.05) is 20.6 Å². The summed E-state index contributed by atoms with van der Waals surface area (Å²) in [5.41, 5.74) is 6.15. The van der Waals surface area contributed by atoms with Crippen LogP contribution in [0.1, 0.15) is 58.3 Å². The predicted molar refractivity (Wildman–Crippen MR) is 87.0 cm³/mol. The first-order valence-corrected chi connectivity index (χ1v) is 8.64. The van der Waals surface area contributed by atoms with E-state index in [0.717, 1.165) is 38.1 Å². The van der Waals surface area contributed by atoms with Gasteiger partial charge < -0.3 is 16.0 Å². The van der Waals surface area contributed by atoms with Crippen LogP contribution in [0.4, 0.5) is 0 Å². The van der Waals surface area contributed by atoms with Crippen LogP contribution >= 0.6 is 0 Å². The van der Waals surface area contributed by atoms with Crippen molar-refractivity contribution in [1.82, 2.24) is 10.2 Å². The number of carbonyl (C=O) groups excluding carboxylic acids is 1. The third-order valence-electron chi connectivity index (χ3n) is 5.69. The lowest BCUT2D eigenvalue weighted by Gasteiger charge is -2.45. The summed E-state index contributed by atoms with van der Waals surface area (Å²) in [5, 5.41) is 3.25. The molecule has 1 amide bonds. The number of amides is 1. The van der Waals surface area contributed by atoms with E-state index >= 15 is 0 Å². The molecule has 2 saturated carbocycles. The highest BCUT2D eigenvalue weighted by Crippen LogP contribution is 2.35. The van der Waals surface area contributed by atoms with E-state index in [0.29, 0.717) is 0 Å². The minimum atomic E-state index is 0.133. The Balaban J connectivity index is 1.91. The van der Waals surface area contributed by atoms with Crippen molar-refractivity contribution in [2.45, 2.75) is 69.9 Å². The largest absolute Gasteiger partial charge is 0.354 e. The van der Waals surface area contributed by atoms with Crippen LogP contribution in [0.15, 0.2) is 0 Å². The second kappa shape index (κ2) is 7.10. The van der Waals surface area contributed by atoms with Gasteiger partial charge in [-0.15, -0.1) is 0 Å². The number of carbonyl (C=O) groups is 1. The van der Waals surface area contributed by atoms with Gasteiger partial charge in [-0.3, -0.25) is 4.79 Å². The number of rotatable bonds is 4. The van der Waals surface area contributed by atoms with Gasteiger partial charge in [0.05, 0.1) is 0 Å². The summed E-state index contributed by atoms with van der Waals surface area (Å²) < 4.78 is 0. The molecule has 0 aromatic heterocycles. The van der Waals surface area contributed by atoms with Gasteiger partial charge in [0, 0.05) is 24.0 Å². The maximum atomic E-state index is 12.4. The minimum Gasteiger partial charge on any atom is -0.354 e. The molecule has 122 valence electrons. The SMILES string of the molecule is CC1CCCC(CNC(=O)C2CCCC(N)C2)(N(C)C)C1. The van der Waals surface area contributed by atoms with E-state index < -0.39 is 0 Å². The van der Waals surface area contributed by atoms with Gasteiger partial charge in [0.1, 0.15) is 0 Å². The molecule has 4 heteroatoms. The van der Waals surface area contributed by atoms with Crippen molar-refractivity contribution in [2.24, 2.45) is 17.6 Å². The van der Waals surface area contributed by atoms with Crippen molar-refractivity contribution in [3.05, 3.63) is 0 Å². The molecule has 2 aliphatic rings. The Morgan fingerprint density at radius 2 is 2.05 bits per heavy atom. The highest BCUT2D eigenvalue weighted by atomic mass is 16.1. The molecular formula is C17H33N3O. The molecule has 3 N–H and O–H groups in total. The van der Waals surface area contributed by atoms with Gasteiger partial charge in [-0.05, 0) is 52.1 Å². The smallest absolute Gasteiger partial charge is 0.223 e. The fraction of sp³-hybridized carbons (Fsp3) is 0.941. The minimum absolute atomic E-state index is 0.133. The van der Waals surface area contributed by atoms with Crippen molar-refractivity contribution in [3.63, 3.8) is 0 Å². The van der Waals surface area contributed by atoms with E-state index in [1.165, 1.54) is 25.7 Å². The highest BCUT2D eigenvalue weighted by Gasteiger charge is 2.37. The van der Waals surface area contributed by atoms with Crippen LogP contribution in [0, 0.1) is 11.8 Å². The number of likely N-dealkylation sites (N-methyl/N-ethyl adjacent to an activating group) is 1. The number of hydrogen-bond acceptors (Lipinski definition) is 3. The maximum Gasteiger partial charge on any atom is 0.223 e. The Labute approximate surface area is 129 Å². The van der Waals surface area contributed by atoms with Gasteiger partial charge in [0.25, 0.3) is 0 Å². The lowest BCUT2D eigenvalue weighted by molar-refractivity contribution is -0.127. The molecular weight excluding hydrogens is 262 g/mol. The zero-order chi connectivity index (χ0) is 15.5. The molecule has 2 fully saturated rings. The molecule has 2 rings (SSSR count). The van der Waals surface area contributed by atoms with Crippen LogP contribution in [0.2, 0.25) is 0 Å². The number of hydrogen-bond donors (Lipinski definition) is 2. The summed E-state index contributed by atoms with van der Waals surface area (Å²) in [4.78, 5) is 14.8. The zero-order valence-electron chi connectivity index (χ0n) is 14.0. The topological polar surface area (TPSA) is 58.4 Å². The monoisotopic (exact) mass is 295 g/mol. The Hall–Kier alpha value is -0.610. The van der Waals surface area contributed by atoms with E-state index in [-0.39, 0.29) is 23.4 Å². The molecule has 0 aliphatic heterocycles. The van der Waals surface area contributed by atoms with Crippen LogP contribution in [0.25, 0.3) is 0 Å². The van der Waals surface area contributed by atoms with Crippen molar-refractivity contribution >= 4 is 5.91 Å². The summed E-state index contributed by atoms with van der Waals surface area (Å²) in [6, 6.07) is 0.215. The first-order valence-electron chi connectivity index (χ1n) is 8.64. The van der Waals surface area contributed by atoms with Crippen LogP contribution in [0.5, 0.6) is 0 Å². The fourth-order valence-electron chi connectivity index (χ4n) is 4.22. The van der Waals surface area contributed by atoms with Gasteiger partial charge in [0.15, 0.2) is 0 Å². The molecule has 0 bridgehead atoms. The average Bonchev–Trinajstić information content (AvgIpc) is 2.44. The van der Waals surface area contributed by atoms with E-state index in [2.05, 4.69) is 31.2 Å². The molecule has 2 aliphatic carbocycles. The molecule has 0 aromatic carbocycles. The number of nitrogens with zero attached hydrogens (tertiary/aromatic N) is 1. The molecule has 0 radical (unpaired) electrons. The van der Waals surface area contributed by atoms with E-state index in [9.17, 15) is 4.79 Å². The van der Waals surface area contributed by atoms with Crippen molar-refractivity contribution in [3.8, 4) is 0 Å². The predicted octanol–water partition coefficient (Wildman–Crippen LogP) is 2.13. The summed E-state index contributed by atoms with van der Waals surface area (Å²) in [6.45, 7) is 3.12. The maximum absolute atomic E-state index is 12.4. The summed E-state index contributed by atoms with van der Waals surface area (Å²) >= 11 is 0. The lowest BCUT2D eigenvalue weighted by atomic mass is 9.75. The average molecular weight is 295 g/mol. The summed E-state index contributed by atoms with van der Waals surface area (Å²) in [7, 11) is 4.31. The van der Waals surface area contributed by atoms with Gasteiger partial charge in [0.2, 0.25) is 5.91 Å². The van der Waals surface area contributed by atoms with Crippen molar-refractivity contribution in [1.29, 1.82) is 0 Å². The van der Waals surface area contributed by atoms with E-state index in [1.54, 1.807) is 0 Å². The summed E-state index contributed by atoms with van der Waals surface area (Å²) in [5.74, 6) is 1.11. The standard InChI is InChI=1S/C17H33N3O/c1-13-6-5-9-17(11-13,20(2)3)12-19-16(21)14-7-4-8-15(18)10-14/h13-15H,4-12,18H2,1-3H3,(H,19,21).